The van der Waals surface area contributed by atoms with Crippen LogP contribution in [0.5, 0.6) is 0 Å². The molecule has 0 aliphatic carbocycles. The molecule has 0 unspecified atom stereocenters. The number of carbonyl (C=O) groups excluding carboxylic acids is 1. The number of halogens is 1. The van der Waals surface area contributed by atoms with Crippen LogP contribution in [-0.4, -0.2) is 50.0 Å². The van der Waals surface area contributed by atoms with Crippen molar-refractivity contribution < 1.29 is 9.90 Å². The molecule has 90 valence electrons. The van der Waals surface area contributed by atoms with Crippen molar-refractivity contribution in [1.29, 1.82) is 0 Å². The van der Waals surface area contributed by atoms with Gasteiger partial charge in [0.05, 0.1) is 0 Å². The molecule has 2 N–H and O–H groups in total. The molecular formula is C11H16ClNO2Te. The van der Waals surface area contributed by atoms with Crippen LogP contribution in [0.25, 0.3) is 0 Å². The van der Waals surface area contributed by atoms with Gasteiger partial charge in [-0.25, -0.2) is 0 Å². The van der Waals surface area contributed by atoms with Crippen LogP contribution in [0.3, 0.4) is 0 Å². The van der Waals surface area contributed by atoms with Crippen LogP contribution in [0.1, 0.15) is 20.3 Å². The van der Waals surface area contributed by atoms with E-state index in [0.29, 0.717) is 5.88 Å². The second-order valence-electron chi connectivity index (χ2n) is 4.64. The van der Waals surface area contributed by atoms with Gasteiger partial charge in [0.25, 0.3) is 0 Å². The van der Waals surface area contributed by atoms with Crippen LogP contribution in [0, 0.1) is 5.92 Å². The average molecular weight is 357 g/mol. The first kappa shape index (κ1) is 12.7. The van der Waals surface area contributed by atoms with E-state index >= 15 is 0 Å². The van der Waals surface area contributed by atoms with Gasteiger partial charge >= 0.3 is 111 Å². The van der Waals surface area contributed by atoms with Gasteiger partial charge in [-0.15, -0.1) is 0 Å². The SMILES string of the molecule is CC(C)[C@H](O)[C@@]12[Te]C=C(CCCl)[C@@H]1NC2=O. The van der Waals surface area contributed by atoms with Crippen LogP contribution in [0.4, 0.5) is 0 Å². The summed E-state index contributed by atoms with van der Waals surface area (Å²) in [6.45, 7) is 3.93. The Morgan fingerprint density at radius 3 is 2.88 bits per heavy atom. The van der Waals surface area contributed by atoms with Crippen LogP contribution in [0.2, 0.25) is 3.46 Å². The van der Waals surface area contributed by atoms with Crippen LogP contribution >= 0.6 is 11.6 Å². The van der Waals surface area contributed by atoms with E-state index in [2.05, 4.69) is 9.44 Å². The summed E-state index contributed by atoms with van der Waals surface area (Å²) in [6, 6.07) is 0.0681. The van der Waals surface area contributed by atoms with Crippen LogP contribution in [0.15, 0.2) is 9.70 Å². The van der Waals surface area contributed by atoms with E-state index in [0.717, 1.165) is 6.42 Å². The summed E-state index contributed by atoms with van der Waals surface area (Å²) in [5, 5.41) is 13.2. The molecule has 2 rings (SSSR count). The van der Waals surface area contributed by atoms with Gasteiger partial charge in [-0.3, -0.25) is 0 Å². The van der Waals surface area contributed by atoms with E-state index in [1.807, 2.05) is 13.8 Å². The Hall–Kier alpha value is 0.250. The second-order valence-corrected chi connectivity index (χ2v) is 8.29. The number of hydrogen-bond acceptors (Lipinski definition) is 2. The topological polar surface area (TPSA) is 49.3 Å². The number of rotatable bonds is 4. The molecule has 0 aromatic heterocycles. The van der Waals surface area contributed by atoms with E-state index < -0.39 is 30.5 Å². The van der Waals surface area contributed by atoms with Gasteiger partial charge in [-0.05, 0) is 0 Å². The molecule has 1 amide bonds. The molecule has 2 aliphatic rings. The summed E-state index contributed by atoms with van der Waals surface area (Å²) >= 11 is 5.14. The first-order valence-electron chi connectivity index (χ1n) is 5.45. The van der Waals surface area contributed by atoms with Gasteiger partial charge in [-0.1, -0.05) is 0 Å². The molecule has 2 heterocycles. The Bertz CT molecular complexity index is 345. The van der Waals surface area contributed by atoms with E-state index in [-0.39, 0.29) is 17.9 Å². The number of nitrogens with one attached hydrogen (secondary N) is 1. The summed E-state index contributed by atoms with van der Waals surface area (Å²) < 4.78 is 1.72. The summed E-state index contributed by atoms with van der Waals surface area (Å²) in [7, 11) is 0. The fourth-order valence-electron chi connectivity index (χ4n) is 2.32. The van der Waals surface area contributed by atoms with Crippen molar-refractivity contribution in [2.45, 2.75) is 35.9 Å². The molecule has 0 aromatic rings. The molecule has 3 atom stereocenters. The Balaban J connectivity index is 2.19. The maximum absolute atomic E-state index is 11.8. The number of aliphatic hydroxyl groups is 1. The standard InChI is InChI=1S/C11H16ClNO2Te/c1-6(2)9(14)11-8(13-10(11)15)7(3-4-12)5-16-11/h5-6,8-9,14H,3-4H2,1-2H3,(H,13,15)/t8-,9-,11-/m0/s1. The number of β-lactam (4-membered cyclic amide) rings is 1. The minimum atomic E-state index is -0.603. The predicted molar refractivity (Wildman–Crippen MR) is 64.6 cm³/mol. The predicted octanol–water partition coefficient (Wildman–Crippen LogP) is 0.891. The Morgan fingerprint density at radius 1 is 1.69 bits per heavy atom. The van der Waals surface area contributed by atoms with E-state index in [9.17, 15) is 9.90 Å². The van der Waals surface area contributed by atoms with Crippen LogP contribution < -0.4 is 5.32 Å². The number of alkyl halides is 1. The molecule has 0 radical (unpaired) electrons. The van der Waals surface area contributed by atoms with Gasteiger partial charge in [0.15, 0.2) is 0 Å². The van der Waals surface area contributed by atoms with Gasteiger partial charge in [0.1, 0.15) is 0 Å². The summed E-state index contributed by atoms with van der Waals surface area (Å²) in [5.41, 5.74) is 1.23. The molecule has 2 aliphatic heterocycles. The summed E-state index contributed by atoms with van der Waals surface area (Å²) in [4.78, 5) is 11.8. The fraction of sp³-hybridized carbons (Fsp3) is 0.727. The van der Waals surface area contributed by atoms with Crippen molar-refractivity contribution in [2.24, 2.45) is 5.92 Å². The average Bonchev–Trinajstić information content (AvgIpc) is 2.52. The fourth-order valence-corrected chi connectivity index (χ4v) is 6.89. The Morgan fingerprint density at radius 2 is 2.38 bits per heavy atom. The van der Waals surface area contributed by atoms with Gasteiger partial charge in [0, 0.05) is 0 Å². The zero-order valence-corrected chi connectivity index (χ0v) is 12.5. The van der Waals surface area contributed by atoms with Crippen molar-refractivity contribution >= 4 is 38.4 Å². The molecule has 0 saturated carbocycles. The molecule has 0 bridgehead atoms. The molecular weight excluding hydrogens is 341 g/mol. The quantitative estimate of drug-likeness (QED) is 0.446. The molecule has 0 aromatic carbocycles. The van der Waals surface area contributed by atoms with E-state index in [1.54, 1.807) is 0 Å². The van der Waals surface area contributed by atoms with Crippen LogP contribution in [-0.2, 0) is 4.79 Å². The van der Waals surface area contributed by atoms with Crippen molar-refractivity contribution in [3.63, 3.8) is 0 Å². The number of hydrogen-bond donors (Lipinski definition) is 2. The summed E-state index contributed by atoms with van der Waals surface area (Å²) in [5.74, 6) is 0.753. The molecule has 5 heteroatoms. The van der Waals surface area contributed by atoms with Crippen molar-refractivity contribution in [3.05, 3.63) is 9.70 Å². The first-order chi connectivity index (χ1) is 7.54. The Labute approximate surface area is 111 Å². The van der Waals surface area contributed by atoms with Gasteiger partial charge < -0.3 is 0 Å². The number of carbonyl (C=O) groups is 1. The molecule has 16 heavy (non-hydrogen) atoms. The maximum atomic E-state index is 11.8. The van der Waals surface area contributed by atoms with Crippen molar-refractivity contribution in [3.8, 4) is 0 Å². The Kier molecular flexibility index (Phi) is 3.57. The zero-order valence-electron chi connectivity index (χ0n) is 9.37. The zero-order chi connectivity index (χ0) is 11.9. The van der Waals surface area contributed by atoms with Crippen molar-refractivity contribution in [1.82, 2.24) is 5.32 Å². The molecule has 3 nitrogen and oxygen atoms in total. The third-order valence-corrected chi connectivity index (χ3v) is 7.68. The van der Waals surface area contributed by atoms with Gasteiger partial charge in [-0.2, -0.15) is 0 Å². The molecule has 1 saturated heterocycles. The number of fused-ring (bicyclic) bond motifs is 1. The van der Waals surface area contributed by atoms with E-state index in [1.165, 1.54) is 5.57 Å². The van der Waals surface area contributed by atoms with Crippen molar-refractivity contribution in [2.75, 3.05) is 5.88 Å². The van der Waals surface area contributed by atoms with Gasteiger partial charge in [0.2, 0.25) is 0 Å². The summed E-state index contributed by atoms with van der Waals surface area (Å²) in [6.07, 6.45) is 0.307. The molecule has 0 spiro atoms. The monoisotopic (exact) mass is 359 g/mol. The molecule has 1 fully saturated rings. The first-order valence-corrected chi connectivity index (χ1v) is 8.50. The number of amides is 1. The van der Waals surface area contributed by atoms with E-state index in [4.69, 9.17) is 11.6 Å². The second kappa shape index (κ2) is 4.49. The minimum absolute atomic E-state index is 0.0434. The third-order valence-electron chi connectivity index (χ3n) is 3.29. The number of aliphatic hydroxyl groups excluding tert-OH is 1. The normalized spacial score (nSPS) is 34.2. The third kappa shape index (κ3) is 1.62.